The predicted octanol–water partition coefficient (Wildman–Crippen LogP) is 2.95. The third kappa shape index (κ3) is 2.68. The van der Waals surface area contributed by atoms with E-state index in [4.69, 9.17) is 0 Å². The van der Waals surface area contributed by atoms with Crippen LogP contribution in [0, 0.1) is 6.92 Å². The molecule has 2 aromatic heterocycles. The topological polar surface area (TPSA) is 50.7 Å². The Kier molecular flexibility index (Phi) is 3.06. The maximum atomic E-state index is 4.55. The highest BCUT2D eigenvalue weighted by Crippen LogP contribution is 2.14. The summed E-state index contributed by atoms with van der Waals surface area (Å²) in [6, 6.07) is 12.1. The molecule has 94 valence electrons. The zero-order valence-corrected chi connectivity index (χ0v) is 10.7. The van der Waals surface area contributed by atoms with Crippen molar-refractivity contribution in [2.45, 2.75) is 13.5 Å². The number of para-hydroxylation sites is 1. The molecule has 0 bridgehead atoms. The minimum atomic E-state index is 0.624. The van der Waals surface area contributed by atoms with Crippen LogP contribution in [0.15, 0.2) is 48.8 Å². The predicted molar refractivity (Wildman–Crippen MR) is 75.8 cm³/mol. The molecule has 0 unspecified atom stereocenters. The highest BCUT2D eigenvalue weighted by atomic mass is 15.0. The van der Waals surface area contributed by atoms with Gasteiger partial charge in [-0.3, -0.25) is 9.97 Å². The Morgan fingerprint density at radius 1 is 1.00 bits per heavy atom. The molecule has 4 heteroatoms. The van der Waals surface area contributed by atoms with Crippen LogP contribution < -0.4 is 5.32 Å². The maximum absolute atomic E-state index is 4.55. The van der Waals surface area contributed by atoms with Crippen LogP contribution in [0.2, 0.25) is 0 Å². The first-order valence-corrected chi connectivity index (χ1v) is 6.18. The fraction of sp³-hybridized carbons (Fsp3) is 0.133. The van der Waals surface area contributed by atoms with Crippen molar-refractivity contribution in [1.29, 1.82) is 0 Å². The van der Waals surface area contributed by atoms with E-state index in [1.807, 2.05) is 31.2 Å². The summed E-state index contributed by atoms with van der Waals surface area (Å²) in [4.78, 5) is 13.1. The summed E-state index contributed by atoms with van der Waals surface area (Å²) in [6.07, 6.45) is 3.55. The van der Waals surface area contributed by atoms with Crippen molar-refractivity contribution >= 4 is 16.7 Å². The third-order valence-electron chi connectivity index (χ3n) is 2.88. The van der Waals surface area contributed by atoms with Gasteiger partial charge in [-0.25, -0.2) is 4.98 Å². The van der Waals surface area contributed by atoms with E-state index in [1.54, 1.807) is 12.4 Å². The first-order chi connectivity index (χ1) is 9.31. The number of pyridine rings is 1. The summed E-state index contributed by atoms with van der Waals surface area (Å²) in [7, 11) is 0. The van der Waals surface area contributed by atoms with Gasteiger partial charge < -0.3 is 5.32 Å². The zero-order chi connectivity index (χ0) is 13.1. The van der Waals surface area contributed by atoms with Crippen molar-refractivity contribution in [3.05, 3.63) is 60.2 Å². The third-order valence-corrected chi connectivity index (χ3v) is 2.88. The van der Waals surface area contributed by atoms with Gasteiger partial charge in [0, 0.05) is 11.6 Å². The van der Waals surface area contributed by atoms with Gasteiger partial charge in [0.15, 0.2) is 0 Å². The summed E-state index contributed by atoms with van der Waals surface area (Å²) in [6.45, 7) is 2.55. The van der Waals surface area contributed by atoms with Crippen molar-refractivity contribution in [2.24, 2.45) is 0 Å². The number of hydrogen-bond acceptors (Lipinski definition) is 4. The summed E-state index contributed by atoms with van der Waals surface area (Å²) in [5, 5.41) is 4.40. The molecule has 0 aliphatic carbocycles. The first kappa shape index (κ1) is 11.6. The smallest absolute Gasteiger partial charge is 0.126 e. The Morgan fingerprint density at radius 3 is 2.74 bits per heavy atom. The van der Waals surface area contributed by atoms with Crippen molar-refractivity contribution < 1.29 is 0 Å². The Bertz CT molecular complexity index is 692. The average Bonchev–Trinajstić information content (AvgIpc) is 2.46. The lowest BCUT2D eigenvalue weighted by Gasteiger charge is -2.06. The van der Waals surface area contributed by atoms with Crippen LogP contribution in [-0.4, -0.2) is 15.0 Å². The number of benzene rings is 1. The highest BCUT2D eigenvalue weighted by molar-refractivity contribution is 5.79. The molecule has 0 aliphatic heterocycles. The second-order valence-electron chi connectivity index (χ2n) is 4.39. The molecule has 0 atom stereocenters. The number of fused-ring (bicyclic) bond motifs is 1. The van der Waals surface area contributed by atoms with Crippen molar-refractivity contribution in [3.63, 3.8) is 0 Å². The molecule has 0 saturated carbocycles. The number of hydrogen-bond donors (Lipinski definition) is 1. The van der Waals surface area contributed by atoms with E-state index in [9.17, 15) is 0 Å². The second kappa shape index (κ2) is 5.02. The number of aromatic nitrogens is 3. The Morgan fingerprint density at radius 2 is 1.89 bits per heavy atom. The minimum Gasteiger partial charge on any atom is -0.364 e. The average molecular weight is 250 g/mol. The monoisotopic (exact) mass is 250 g/mol. The molecule has 3 rings (SSSR count). The Labute approximate surface area is 111 Å². The molecular formula is C15H14N4. The number of nitrogens with one attached hydrogen (secondary N) is 1. The van der Waals surface area contributed by atoms with E-state index in [0.29, 0.717) is 6.54 Å². The molecular weight excluding hydrogens is 236 g/mol. The number of nitrogens with zero attached hydrogens (tertiary/aromatic N) is 3. The van der Waals surface area contributed by atoms with Crippen LogP contribution >= 0.6 is 0 Å². The zero-order valence-electron chi connectivity index (χ0n) is 10.7. The van der Waals surface area contributed by atoms with E-state index in [2.05, 4.69) is 32.4 Å². The highest BCUT2D eigenvalue weighted by Gasteiger charge is 1.99. The Balaban J connectivity index is 1.76. The summed E-state index contributed by atoms with van der Waals surface area (Å²) < 4.78 is 0. The molecule has 19 heavy (non-hydrogen) atoms. The van der Waals surface area contributed by atoms with Gasteiger partial charge in [-0.1, -0.05) is 18.2 Å². The first-order valence-electron chi connectivity index (χ1n) is 6.18. The molecule has 0 spiro atoms. The van der Waals surface area contributed by atoms with Gasteiger partial charge in [0.05, 0.1) is 29.6 Å². The van der Waals surface area contributed by atoms with Crippen molar-refractivity contribution in [3.8, 4) is 0 Å². The molecule has 0 amide bonds. The van der Waals surface area contributed by atoms with Crippen LogP contribution in [-0.2, 0) is 6.54 Å². The molecule has 2 heterocycles. The fourth-order valence-corrected chi connectivity index (χ4v) is 1.86. The van der Waals surface area contributed by atoms with Crippen LogP contribution in [0.3, 0.4) is 0 Å². The maximum Gasteiger partial charge on any atom is 0.126 e. The standard InChI is InChI=1S/C15H14N4/c1-11-8-17-13(9-16-11)10-18-15-7-6-12-4-2-3-5-14(12)19-15/h2-9H,10H2,1H3,(H,18,19). The molecule has 3 aromatic rings. The molecule has 0 fully saturated rings. The molecule has 1 N–H and O–H groups in total. The number of aryl methyl sites for hydroxylation is 1. The van der Waals surface area contributed by atoms with E-state index in [-0.39, 0.29) is 0 Å². The number of anilines is 1. The number of rotatable bonds is 3. The summed E-state index contributed by atoms with van der Waals surface area (Å²) in [5.41, 5.74) is 2.82. The van der Waals surface area contributed by atoms with Crippen LogP contribution in [0.25, 0.3) is 10.9 Å². The van der Waals surface area contributed by atoms with E-state index < -0.39 is 0 Å². The second-order valence-corrected chi connectivity index (χ2v) is 4.39. The minimum absolute atomic E-state index is 0.624. The molecule has 0 aliphatic rings. The lowest BCUT2D eigenvalue weighted by atomic mass is 10.2. The van der Waals surface area contributed by atoms with Crippen LogP contribution in [0.1, 0.15) is 11.4 Å². The quantitative estimate of drug-likeness (QED) is 0.776. The lowest BCUT2D eigenvalue weighted by molar-refractivity contribution is 0.978. The van der Waals surface area contributed by atoms with E-state index in [0.717, 1.165) is 28.1 Å². The summed E-state index contributed by atoms with van der Waals surface area (Å²) in [5.74, 6) is 0.848. The largest absolute Gasteiger partial charge is 0.364 e. The fourth-order valence-electron chi connectivity index (χ4n) is 1.86. The normalized spacial score (nSPS) is 10.6. The van der Waals surface area contributed by atoms with Gasteiger partial charge in [0.25, 0.3) is 0 Å². The van der Waals surface area contributed by atoms with Crippen molar-refractivity contribution in [1.82, 2.24) is 15.0 Å². The SMILES string of the molecule is Cc1cnc(CNc2ccc3ccccc3n2)cn1. The van der Waals surface area contributed by atoms with E-state index >= 15 is 0 Å². The Hall–Kier alpha value is -2.49. The molecule has 0 radical (unpaired) electrons. The van der Waals surface area contributed by atoms with Gasteiger partial charge in [0.2, 0.25) is 0 Å². The van der Waals surface area contributed by atoms with Crippen molar-refractivity contribution in [2.75, 3.05) is 5.32 Å². The molecule has 1 aromatic carbocycles. The van der Waals surface area contributed by atoms with Crippen LogP contribution in [0.5, 0.6) is 0 Å². The van der Waals surface area contributed by atoms with Gasteiger partial charge >= 0.3 is 0 Å². The lowest BCUT2D eigenvalue weighted by Crippen LogP contribution is -2.03. The van der Waals surface area contributed by atoms with Gasteiger partial charge in [-0.2, -0.15) is 0 Å². The van der Waals surface area contributed by atoms with E-state index in [1.165, 1.54) is 0 Å². The van der Waals surface area contributed by atoms with Gasteiger partial charge in [0.1, 0.15) is 5.82 Å². The van der Waals surface area contributed by atoms with Gasteiger partial charge in [-0.05, 0) is 25.1 Å². The van der Waals surface area contributed by atoms with Crippen LogP contribution in [0.4, 0.5) is 5.82 Å². The van der Waals surface area contributed by atoms with Gasteiger partial charge in [-0.15, -0.1) is 0 Å². The molecule has 0 saturated heterocycles. The molecule has 4 nitrogen and oxygen atoms in total. The summed E-state index contributed by atoms with van der Waals surface area (Å²) >= 11 is 0.